The van der Waals surface area contributed by atoms with Crippen LogP contribution in [0, 0.1) is 0 Å². The molecule has 1 fully saturated rings. The van der Waals surface area contributed by atoms with Gasteiger partial charge in [-0.2, -0.15) is 0 Å². The van der Waals surface area contributed by atoms with Crippen LogP contribution in [0.2, 0.25) is 0 Å². The topological polar surface area (TPSA) is 29.3 Å². The third kappa shape index (κ3) is 4.14. The standard InChI is InChI=1S/C15H24N2/c16-10-8-14-4-6-15(7-5-14)9-13-17-11-2-1-3-12-17/h4-7H,1-3,8-13,16H2. The summed E-state index contributed by atoms with van der Waals surface area (Å²) in [5.74, 6) is 0. The fraction of sp³-hybridized carbons (Fsp3) is 0.600. The first kappa shape index (κ1) is 12.6. The molecule has 0 radical (unpaired) electrons. The molecule has 0 aliphatic carbocycles. The minimum Gasteiger partial charge on any atom is -0.330 e. The molecule has 1 aromatic carbocycles. The smallest absolute Gasteiger partial charge is 0.00218 e. The molecule has 0 spiro atoms. The van der Waals surface area contributed by atoms with Gasteiger partial charge >= 0.3 is 0 Å². The largest absolute Gasteiger partial charge is 0.330 e. The molecule has 2 N–H and O–H groups in total. The van der Waals surface area contributed by atoms with E-state index in [2.05, 4.69) is 29.2 Å². The quantitative estimate of drug-likeness (QED) is 0.843. The Morgan fingerprint density at radius 3 is 2.06 bits per heavy atom. The summed E-state index contributed by atoms with van der Waals surface area (Å²) in [4.78, 5) is 2.59. The van der Waals surface area contributed by atoms with E-state index in [0.29, 0.717) is 0 Å². The second kappa shape index (κ2) is 6.77. The molecule has 1 aromatic rings. The fourth-order valence-electron chi connectivity index (χ4n) is 2.51. The highest BCUT2D eigenvalue weighted by Gasteiger charge is 2.09. The Kier molecular flexibility index (Phi) is 5.02. The molecule has 1 aliphatic heterocycles. The maximum absolute atomic E-state index is 5.55. The summed E-state index contributed by atoms with van der Waals surface area (Å²) in [5, 5.41) is 0. The van der Waals surface area contributed by atoms with Gasteiger partial charge in [0.2, 0.25) is 0 Å². The molecule has 2 heteroatoms. The third-order valence-electron chi connectivity index (χ3n) is 3.62. The zero-order valence-corrected chi connectivity index (χ0v) is 10.7. The summed E-state index contributed by atoms with van der Waals surface area (Å²) >= 11 is 0. The van der Waals surface area contributed by atoms with Gasteiger partial charge in [-0.25, -0.2) is 0 Å². The van der Waals surface area contributed by atoms with E-state index in [1.165, 1.54) is 56.4 Å². The maximum atomic E-state index is 5.55. The number of hydrogen-bond acceptors (Lipinski definition) is 2. The highest BCUT2D eigenvalue weighted by atomic mass is 15.1. The highest BCUT2D eigenvalue weighted by molar-refractivity contribution is 5.23. The molecule has 2 nitrogen and oxygen atoms in total. The summed E-state index contributed by atoms with van der Waals surface area (Å²) in [5.41, 5.74) is 8.36. The number of piperidine rings is 1. The minimum absolute atomic E-state index is 0.743. The molecule has 0 bridgehead atoms. The number of rotatable bonds is 5. The van der Waals surface area contributed by atoms with Crippen LogP contribution in [0.1, 0.15) is 30.4 Å². The summed E-state index contributed by atoms with van der Waals surface area (Å²) in [6.07, 6.45) is 6.37. The normalized spacial score (nSPS) is 17.2. The number of likely N-dealkylation sites (tertiary alicyclic amines) is 1. The summed E-state index contributed by atoms with van der Waals surface area (Å²) in [6, 6.07) is 8.96. The summed E-state index contributed by atoms with van der Waals surface area (Å²) in [7, 11) is 0. The van der Waals surface area contributed by atoms with Crippen LogP contribution in [0.25, 0.3) is 0 Å². The van der Waals surface area contributed by atoms with Crippen LogP contribution in [0.4, 0.5) is 0 Å². The predicted molar refractivity (Wildman–Crippen MR) is 73.2 cm³/mol. The molecular formula is C15H24N2. The van der Waals surface area contributed by atoms with Crippen molar-refractivity contribution in [1.29, 1.82) is 0 Å². The van der Waals surface area contributed by atoms with Gasteiger partial charge in [-0.15, -0.1) is 0 Å². The Morgan fingerprint density at radius 1 is 0.882 bits per heavy atom. The van der Waals surface area contributed by atoms with Crippen molar-refractivity contribution in [3.8, 4) is 0 Å². The number of nitrogens with zero attached hydrogens (tertiary/aromatic N) is 1. The summed E-state index contributed by atoms with van der Waals surface area (Å²) < 4.78 is 0. The van der Waals surface area contributed by atoms with Gasteiger partial charge in [0, 0.05) is 6.54 Å². The van der Waals surface area contributed by atoms with Crippen LogP contribution in [0.15, 0.2) is 24.3 Å². The van der Waals surface area contributed by atoms with Gasteiger partial charge in [0.1, 0.15) is 0 Å². The van der Waals surface area contributed by atoms with E-state index >= 15 is 0 Å². The lowest BCUT2D eigenvalue weighted by molar-refractivity contribution is 0.231. The molecule has 17 heavy (non-hydrogen) atoms. The van der Waals surface area contributed by atoms with E-state index in [0.717, 1.165) is 13.0 Å². The van der Waals surface area contributed by atoms with Crippen molar-refractivity contribution in [2.24, 2.45) is 5.73 Å². The lowest BCUT2D eigenvalue weighted by atomic mass is 10.1. The maximum Gasteiger partial charge on any atom is 0.00218 e. The van der Waals surface area contributed by atoms with E-state index in [4.69, 9.17) is 5.73 Å². The average molecular weight is 232 g/mol. The first-order valence-electron chi connectivity index (χ1n) is 6.89. The average Bonchev–Trinajstić information content (AvgIpc) is 2.40. The first-order chi connectivity index (χ1) is 8.38. The molecule has 0 atom stereocenters. The third-order valence-corrected chi connectivity index (χ3v) is 3.62. The molecule has 1 aliphatic rings. The molecule has 0 saturated carbocycles. The van der Waals surface area contributed by atoms with Gasteiger partial charge < -0.3 is 10.6 Å². The van der Waals surface area contributed by atoms with E-state index in [1.54, 1.807) is 0 Å². The van der Waals surface area contributed by atoms with Crippen LogP contribution in [-0.2, 0) is 12.8 Å². The molecule has 94 valence electrons. The molecule has 0 unspecified atom stereocenters. The van der Waals surface area contributed by atoms with Crippen molar-refractivity contribution < 1.29 is 0 Å². The second-order valence-electron chi connectivity index (χ2n) is 5.01. The Bertz CT molecular complexity index is 312. The van der Waals surface area contributed by atoms with Gasteiger partial charge in [0.05, 0.1) is 0 Å². The van der Waals surface area contributed by atoms with Gasteiger partial charge in [0.15, 0.2) is 0 Å². The van der Waals surface area contributed by atoms with Crippen LogP contribution in [-0.4, -0.2) is 31.1 Å². The van der Waals surface area contributed by atoms with Crippen molar-refractivity contribution in [3.05, 3.63) is 35.4 Å². The molecule has 1 saturated heterocycles. The number of benzene rings is 1. The molecule has 1 heterocycles. The molecular weight excluding hydrogens is 208 g/mol. The van der Waals surface area contributed by atoms with Crippen LogP contribution < -0.4 is 5.73 Å². The Hall–Kier alpha value is -0.860. The van der Waals surface area contributed by atoms with Crippen molar-refractivity contribution >= 4 is 0 Å². The van der Waals surface area contributed by atoms with Crippen LogP contribution in [0.3, 0.4) is 0 Å². The highest BCUT2D eigenvalue weighted by Crippen LogP contribution is 2.11. The zero-order valence-electron chi connectivity index (χ0n) is 10.7. The minimum atomic E-state index is 0.743. The Balaban J connectivity index is 1.77. The number of hydrogen-bond donors (Lipinski definition) is 1. The second-order valence-corrected chi connectivity index (χ2v) is 5.01. The zero-order chi connectivity index (χ0) is 11.9. The van der Waals surface area contributed by atoms with Crippen LogP contribution in [0.5, 0.6) is 0 Å². The molecule has 2 rings (SSSR count). The van der Waals surface area contributed by atoms with Crippen molar-refractivity contribution in [2.75, 3.05) is 26.2 Å². The van der Waals surface area contributed by atoms with Gasteiger partial charge in [-0.3, -0.25) is 0 Å². The number of nitrogens with two attached hydrogens (primary N) is 1. The predicted octanol–water partition coefficient (Wildman–Crippen LogP) is 2.22. The van der Waals surface area contributed by atoms with Crippen molar-refractivity contribution in [2.45, 2.75) is 32.1 Å². The lowest BCUT2D eigenvalue weighted by Gasteiger charge is -2.26. The van der Waals surface area contributed by atoms with Crippen molar-refractivity contribution in [3.63, 3.8) is 0 Å². The van der Waals surface area contributed by atoms with E-state index in [9.17, 15) is 0 Å². The van der Waals surface area contributed by atoms with E-state index < -0.39 is 0 Å². The van der Waals surface area contributed by atoms with Gasteiger partial charge in [-0.05, 0) is 56.4 Å². The summed E-state index contributed by atoms with van der Waals surface area (Å²) in [6.45, 7) is 4.56. The molecule has 0 aromatic heterocycles. The van der Waals surface area contributed by atoms with Gasteiger partial charge in [0.25, 0.3) is 0 Å². The Morgan fingerprint density at radius 2 is 1.47 bits per heavy atom. The first-order valence-corrected chi connectivity index (χ1v) is 6.89. The van der Waals surface area contributed by atoms with Gasteiger partial charge in [-0.1, -0.05) is 30.7 Å². The van der Waals surface area contributed by atoms with Crippen LogP contribution >= 0.6 is 0 Å². The van der Waals surface area contributed by atoms with E-state index in [1.807, 2.05) is 0 Å². The molecule has 0 amide bonds. The monoisotopic (exact) mass is 232 g/mol. The lowest BCUT2D eigenvalue weighted by Crippen LogP contribution is -2.31. The van der Waals surface area contributed by atoms with Crippen molar-refractivity contribution in [1.82, 2.24) is 4.90 Å². The SMILES string of the molecule is NCCc1ccc(CCN2CCCCC2)cc1. The fourth-order valence-corrected chi connectivity index (χ4v) is 2.51. The Labute approximate surface area is 105 Å². The van der Waals surface area contributed by atoms with E-state index in [-0.39, 0.29) is 0 Å².